The average molecular weight is 266 g/mol. The molecular formula is C11H9ClFN5. The Balaban J connectivity index is 2.14. The zero-order chi connectivity index (χ0) is 12.7. The van der Waals surface area contributed by atoms with Crippen LogP contribution in [0.2, 0.25) is 0 Å². The summed E-state index contributed by atoms with van der Waals surface area (Å²) in [6, 6.07) is 0. The van der Waals surface area contributed by atoms with Crippen molar-refractivity contribution in [3.63, 3.8) is 0 Å². The van der Waals surface area contributed by atoms with Crippen LogP contribution in [-0.4, -0.2) is 21.5 Å². The zero-order valence-corrected chi connectivity index (χ0v) is 9.92. The zero-order valence-electron chi connectivity index (χ0n) is 9.17. The molecule has 1 aliphatic heterocycles. The maximum Gasteiger partial charge on any atom is 0.183 e. The van der Waals surface area contributed by atoms with E-state index in [1.165, 1.54) is 0 Å². The molecule has 92 valence electrons. The molecule has 0 saturated heterocycles. The third-order valence-electron chi connectivity index (χ3n) is 2.67. The summed E-state index contributed by atoms with van der Waals surface area (Å²) in [5.74, 6) is 0.389. The molecule has 1 aliphatic rings. The van der Waals surface area contributed by atoms with E-state index in [0.29, 0.717) is 17.4 Å². The molecule has 18 heavy (non-hydrogen) atoms. The second-order valence-electron chi connectivity index (χ2n) is 3.86. The lowest BCUT2D eigenvalue weighted by molar-refractivity contribution is 0.620. The number of nitrogens with one attached hydrogen (secondary N) is 2. The molecule has 0 fully saturated rings. The van der Waals surface area contributed by atoms with Gasteiger partial charge in [-0.1, -0.05) is 11.6 Å². The van der Waals surface area contributed by atoms with Crippen molar-refractivity contribution >= 4 is 29.3 Å². The molecule has 7 heteroatoms. The van der Waals surface area contributed by atoms with Crippen LogP contribution in [0.5, 0.6) is 0 Å². The number of aromatic nitrogens is 3. The number of nitrogens with two attached hydrogens (primary N) is 1. The van der Waals surface area contributed by atoms with Gasteiger partial charge in [-0.05, 0) is 6.08 Å². The molecule has 0 amide bonds. The summed E-state index contributed by atoms with van der Waals surface area (Å²) in [7, 11) is 0. The fourth-order valence-electron chi connectivity index (χ4n) is 1.81. The summed E-state index contributed by atoms with van der Waals surface area (Å²) in [5, 5.41) is 3.79. The molecule has 0 saturated carbocycles. The summed E-state index contributed by atoms with van der Waals surface area (Å²) in [5.41, 5.74) is 7.01. The Labute approximate surface area is 107 Å². The van der Waals surface area contributed by atoms with Crippen LogP contribution in [-0.2, 0) is 0 Å². The molecule has 3 heterocycles. The number of hydrogen-bond acceptors (Lipinski definition) is 4. The number of fused-ring (bicyclic) bond motifs is 1. The number of nitrogens with zero attached hydrogens (tertiary/aromatic N) is 2. The fraction of sp³-hybridized carbons (Fsp3) is 0.0909. The number of hydrogen-bond donors (Lipinski definition) is 3. The molecule has 0 bridgehead atoms. The molecule has 2 aromatic rings. The second kappa shape index (κ2) is 3.99. The number of halogens is 2. The molecule has 0 aliphatic carbocycles. The van der Waals surface area contributed by atoms with E-state index in [1.807, 2.05) is 6.08 Å². The Morgan fingerprint density at radius 1 is 1.44 bits per heavy atom. The lowest BCUT2D eigenvalue weighted by atomic mass is 10.1. The largest absolute Gasteiger partial charge is 0.381 e. The van der Waals surface area contributed by atoms with E-state index in [2.05, 4.69) is 20.3 Å². The quantitative estimate of drug-likeness (QED) is 0.738. The molecular weight excluding hydrogens is 257 g/mol. The number of nitrogen functional groups attached to an aromatic ring is 1. The van der Waals surface area contributed by atoms with Crippen molar-refractivity contribution in [1.29, 1.82) is 0 Å². The van der Waals surface area contributed by atoms with Gasteiger partial charge in [0.05, 0.1) is 12.7 Å². The standard InChI is InChI=1S/C11H9ClFN5/c12-5-1-6-7(3-16-10(6)15-2-5)11-17-4-8(13)9(14)18-11/h1,3-4,15-16H,2H2,(H2,14,17,18). The maximum absolute atomic E-state index is 13.0. The van der Waals surface area contributed by atoms with Crippen LogP contribution >= 0.6 is 11.6 Å². The van der Waals surface area contributed by atoms with Gasteiger partial charge in [-0.2, -0.15) is 0 Å². The van der Waals surface area contributed by atoms with E-state index in [9.17, 15) is 4.39 Å². The van der Waals surface area contributed by atoms with Gasteiger partial charge in [0.1, 0.15) is 5.82 Å². The predicted octanol–water partition coefficient (Wildman–Crippen LogP) is 2.20. The topological polar surface area (TPSA) is 79.6 Å². The van der Waals surface area contributed by atoms with Crippen molar-refractivity contribution in [2.24, 2.45) is 0 Å². The Morgan fingerprint density at radius 3 is 3.06 bits per heavy atom. The van der Waals surface area contributed by atoms with E-state index in [0.717, 1.165) is 23.1 Å². The van der Waals surface area contributed by atoms with Crippen molar-refractivity contribution in [2.45, 2.75) is 0 Å². The summed E-state index contributed by atoms with van der Waals surface area (Å²) < 4.78 is 13.0. The number of anilines is 2. The van der Waals surface area contributed by atoms with Gasteiger partial charge in [-0.15, -0.1) is 0 Å². The van der Waals surface area contributed by atoms with Gasteiger partial charge < -0.3 is 16.0 Å². The minimum atomic E-state index is -0.630. The normalized spacial score (nSPS) is 13.8. The molecule has 4 N–H and O–H groups in total. The Morgan fingerprint density at radius 2 is 2.28 bits per heavy atom. The third-order valence-corrected chi connectivity index (χ3v) is 2.91. The molecule has 0 unspecified atom stereocenters. The smallest absolute Gasteiger partial charge is 0.183 e. The monoisotopic (exact) mass is 265 g/mol. The van der Waals surface area contributed by atoms with Crippen molar-refractivity contribution in [3.05, 3.63) is 28.8 Å². The Bertz CT molecular complexity index is 649. The van der Waals surface area contributed by atoms with Crippen LogP contribution in [0, 0.1) is 5.82 Å². The van der Waals surface area contributed by atoms with Crippen molar-refractivity contribution in [2.75, 3.05) is 17.6 Å². The van der Waals surface area contributed by atoms with Crippen LogP contribution in [0.25, 0.3) is 17.5 Å². The van der Waals surface area contributed by atoms with Gasteiger partial charge in [0, 0.05) is 22.4 Å². The highest BCUT2D eigenvalue weighted by molar-refractivity contribution is 6.32. The summed E-state index contributed by atoms with van der Waals surface area (Å²) >= 11 is 5.98. The lowest BCUT2D eigenvalue weighted by Crippen LogP contribution is -2.07. The summed E-state index contributed by atoms with van der Waals surface area (Å²) in [4.78, 5) is 10.9. The second-order valence-corrected chi connectivity index (χ2v) is 4.35. The van der Waals surface area contributed by atoms with Crippen LogP contribution < -0.4 is 11.1 Å². The highest BCUT2D eigenvalue weighted by atomic mass is 35.5. The maximum atomic E-state index is 13.0. The van der Waals surface area contributed by atoms with Gasteiger partial charge >= 0.3 is 0 Å². The van der Waals surface area contributed by atoms with Crippen molar-refractivity contribution in [1.82, 2.24) is 15.0 Å². The van der Waals surface area contributed by atoms with Crippen molar-refractivity contribution < 1.29 is 4.39 Å². The molecule has 0 spiro atoms. The van der Waals surface area contributed by atoms with Crippen molar-refractivity contribution in [3.8, 4) is 11.4 Å². The Hall–Kier alpha value is -2.08. The minimum Gasteiger partial charge on any atom is -0.381 e. The first-order chi connectivity index (χ1) is 8.65. The van der Waals surface area contributed by atoms with Gasteiger partial charge in [-0.25, -0.2) is 14.4 Å². The highest BCUT2D eigenvalue weighted by Crippen LogP contribution is 2.32. The third kappa shape index (κ3) is 1.70. The minimum absolute atomic E-state index is 0.172. The molecule has 0 atom stereocenters. The van der Waals surface area contributed by atoms with Crippen LogP contribution in [0.4, 0.5) is 16.0 Å². The van der Waals surface area contributed by atoms with E-state index in [4.69, 9.17) is 17.3 Å². The van der Waals surface area contributed by atoms with Crippen LogP contribution in [0.15, 0.2) is 17.4 Å². The van der Waals surface area contributed by atoms with Gasteiger partial charge in [0.15, 0.2) is 17.5 Å². The van der Waals surface area contributed by atoms with E-state index in [-0.39, 0.29) is 5.82 Å². The molecule has 0 radical (unpaired) electrons. The van der Waals surface area contributed by atoms with E-state index < -0.39 is 5.82 Å². The molecule has 0 aromatic carbocycles. The molecule has 5 nitrogen and oxygen atoms in total. The van der Waals surface area contributed by atoms with Gasteiger partial charge in [0.2, 0.25) is 0 Å². The van der Waals surface area contributed by atoms with Gasteiger partial charge in [-0.3, -0.25) is 0 Å². The summed E-state index contributed by atoms with van der Waals surface area (Å²) in [6.45, 7) is 0.570. The first kappa shape index (κ1) is 11.0. The van der Waals surface area contributed by atoms with Crippen LogP contribution in [0.3, 0.4) is 0 Å². The summed E-state index contributed by atoms with van der Waals surface area (Å²) in [6.07, 6.45) is 4.61. The molecule has 3 rings (SSSR count). The van der Waals surface area contributed by atoms with E-state index in [1.54, 1.807) is 6.20 Å². The van der Waals surface area contributed by atoms with E-state index >= 15 is 0 Å². The van der Waals surface area contributed by atoms with Gasteiger partial charge in [0.25, 0.3) is 0 Å². The lowest BCUT2D eigenvalue weighted by Gasteiger charge is -2.11. The SMILES string of the molecule is Nc1nc(-c2c[nH]c3c2C=C(Cl)CN3)ncc1F. The van der Waals surface area contributed by atoms with Crippen LogP contribution in [0.1, 0.15) is 5.56 Å². The molecule has 2 aromatic heterocycles. The number of H-pyrrole nitrogens is 1. The number of aromatic amines is 1. The highest BCUT2D eigenvalue weighted by Gasteiger charge is 2.17. The first-order valence-electron chi connectivity index (χ1n) is 5.25. The fourth-order valence-corrected chi connectivity index (χ4v) is 1.98. The predicted molar refractivity (Wildman–Crippen MR) is 68.5 cm³/mol. The Kier molecular flexibility index (Phi) is 2.45. The number of rotatable bonds is 1. The first-order valence-corrected chi connectivity index (χ1v) is 5.62. The average Bonchev–Trinajstić information content (AvgIpc) is 2.75.